The largest absolute Gasteiger partial charge is 0.495 e. The van der Waals surface area contributed by atoms with Crippen molar-refractivity contribution in [2.75, 3.05) is 32.6 Å². The Bertz CT molecular complexity index is 1030. The Kier molecular flexibility index (Phi) is 4.81. The SMILES string of the molecule is COc1cc2c(cc1Nc1ncc3cnn(CC4CCCN4)c3n1)CN(C)CC2. The van der Waals surface area contributed by atoms with E-state index in [0.717, 1.165) is 55.1 Å². The first-order valence-corrected chi connectivity index (χ1v) is 10.3. The summed E-state index contributed by atoms with van der Waals surface area (Å²) in [6.45, 7) is 3.92. The molecule has 0 spiro atoms. The van der Waals surface area contributed by atoms with Crippen LogP contribution in [0.3, 0.4) is 0 Å². The van der Waals surface area contributed by atoms with Gasteiger partial charge in [-0.25, -0.2) is 9.67 Å². The number of methoxy groups -OCH3 is 1. The van der Waals surface area contributed by atoms with E-state index in [0.29, 0.717) is 12.0 Å². The van der Waals surface area contributed by atoms with Crippen LogP contribution in [-0.2, 0) is 19.5 Å². The van der Waals surface area contributed by atoms with Crippen molar-refractivity contribution in [1.29, 1.82) is 0 Å². The summed E-state index contributed by atoms with van der Waals surface area (Å²) in [5.41, 5.74) is 4.42. The molecule has 0 saturated carbocycles. The van der Waals surface area contributed by atoms with Crippen molar-refractivity contribution in [3.8, 4) is 5.75 Å². The number of hydrogen-bond donors (Lipinski definition) is 2. The molecule has 152 valence electrons. The summed E-state index contributed by atoms with van der Waals surface area (Å²) in [6, 6.07) is 4.76. The number of nitrogens with zero attached hydrogens (tertiary/aromatic N) is 5. The van der Waals surface area contributed by atoms with E-state index in [-0.39, 0.29) is 0 Å². The maximum Gasteiger partial charge on any atom is 0.229 e. The third-order valence-corrected chi connectivity index (χ3v) is 5.90. The molecule has 1 fully saturated rings. The summed E-state index contributed by atoms with van der Waals surface area (Å²) in [6.07, 6.45) is 7.11. The molecule has 4 heterocycles. The van der Waals surface area contributed by atoms with E-state index >= 15 is 0 Å². The molecule has 1 atom stereocenters. The Balaban J connectivity index is 1.44. The molecule has 1 unspecified atom stereocenters. The second-order valence-corrected chi connectivity index (χ2v) is 8.03. The minimum Gasteiger partial charge on any atom is -0.495 e. The van der Waals surface area contributed by atoms with E-state index in [4.69, 9.17) is 9.72 Å². The number of anilines is 2. The van der Waals surface area contributed by atoms with Crippen LogP contribution in [-0.4, -0.2) is 57.9 Å². The van der Waals surface area contributed by atoms with E-state index < -0.39 is 0 Å². The number of aromatic nitrogens is 4. The lowest BCUT2D eigenvalue weighted by Gasteiger charge is -2.26. The van der Waals surface area contributed by atoms with Gasteiger partial charge in [-0.05, 0) is 56.1 Å². The van der Waals surface area contributed by atoms with Gasteiger partial charge in [0, 0.05) is 25.3 Å². The molecule has 2 N–H and O–H groups in total. The molecular formula is C21H27N7O. The predicted molar refractivity (Wildman–Crippen MR) is 113 cm³/mol. The fourth-order valence-corrected chi connectivity index (χ4v) is 4.30. The Hall–Kier alpha value is -2.71. The van der Waals surface area contributed by atoms with Gasteiger partial charge in [-0.1, -0.05) is 0 Å². The van der Waals surface area contributed by atoms with Gasteiger partial charge in [0.15, 0.2) is 5.65 Å². The normalized spacial score (nSPS) is 19.4. The lowest BCUT2D eigenvalue weighted by Crippen LogP contribution is -2.27. The van der Waals surface area contributed by atoms with Crippen LogP contribution >= 0.6 is 0 Å². The first-order valence-electron chi connectivity index (χ1n) is 10.3. The molecule has 2 aromatic heterocycles. The first-order chi connectivity index (χ1) is 14.2. The Morgan fingerprint density at radius 2 is 2.21 bits per heavy atom. The van der Waals surface area contributed by atoms with E-state index in [1.807, 2.05) is 17.1 Å². The zero-order valence-electron chi connectivity index (χ0n) is 17.0. The summed E-state index contributed by atoms with van der Waals surface area (Å²) >= 11 is 0. The zero-order valence-corrected chi connectivity index (χ0v) is 17.0. The van der Waals surface area contributed by atoms with Gasteiger partial charge in [-0.15, -0.1) is 0 Å². The second-order valence-electron chi connectivity index (χ2n) is 8.03. The fourth-order valence-electron chi connectivity index (χ4n) is 4.30. The number of rotatable bonds is 5. The van der Waals surface area contributed by atoms with E-state index in [1.54, 1.807) is 7.11 Å². The molecule has 2 aliphatic heterocycles. The average molecular weight is 393 g/mol. The third kappa shape index (κ3) is 3.65. The van der Waals surface area contributed by atoms with Gasteiger partial charge >= 0.3 is 0 Å². The maximum atomic E-state index is 5.64. The Labute approximate surface area is 170 Å². The van der Waals surface area contributed by atoms with Gasteiger partial charge in [0.2, 0.25) is 5.95 Å². The van der Waals surface area contributed by atoms with Gasteiger partial charge in [-0.2, -0.15) is 10.1 Å². The molecular weight excluding hydrogens is 366 g/mol. The minimum absolute atomic E-state index is 0.460. The Morgan fingerprint density at radius 3 is 3.03 bits per heavy atom. The highest BCUT2D eigenvalue weighted by Gasteiger charge is 2.19. The van der Waals surface area contributed by atoms with E-state index in [9.17, 15) is 0 Å². The number of hydrogen-bond acceptors (Lipinski definition) is 7. The van der Waals surface area contributed by atoms with Gasteiger partial charge in [0.25, 0.3) is 0 Å². The van der Waals surface area contributed by atoms with Crippen molar-refractivity contribution >= 4 is 22.7 Å². The average Bonchev–Trinajstić information content (AvgIpc) is 3.38. The van der Waals surface area contributed by atoms with Crippen molar-refractivity contribution in [2.24, 2.45) is 0 Å². The molecule has 8 heteroatoms. The molecule has 29 heavy (non-hydrogen) atoms. The molecule has 0 aliphatic carbocycles. The standard InChI is InChI=1S/C21H27N7O/c1-27-7-5-14-9-19(29-2)18(8-15(14)12-27)25-21-23-10-16-11-24-28(20(16)26-21)13-17-4-3-6-22-17/h8-11,17,22H,3-7,12-13H2,1-2H3,(H,23,25,26). The lowest BCUT2D eigenvalue weighted by atomic mass is 9.99. The highest BCUT2D eigenvalue weighted by molar-refractivity contribution is 5.76. The molecule has 0 bridgehead atoms. The fraction of sp³-hybridized carbons (Fsp3) is 0.476. The molecule has 1 saturated heterocycles. The number of nitrogens with one attached hydrogen (secondary N) is 2. The quantitative estimate of drug-likeness (QED) is 0.689. The Morgan fingerprint density at radius 1 is 1.28 bits per heavy atom. The maximum absolute atomic E-state index is 5.64. The summed E-state index contributed by atoms with van der Waals surface area (Å²) in [7, 11) is 3.85. The number of ether oxygens (including phenoxy) is 1. The molecule has 3 aromatic rings. The van der Waals surface area contributed by atoms with Crippen LogP contribution in [0, 0.1) is 0 Å². The smallest absolute Gasteiger partial charge is 0.229 e. The van der Waals surface area contributed by atoms with Gasteiger partial charge in [0.1, 0.15) is 5.75 Å². The van der Waals surface area contributed by atoms with Crippen LogP contribution in [0.2, 0.25) is 0 Å². The molecule has 0 radical (unpaired) electrons. The molecule has 8 nitrogen and oxygen atoms in total. The molecule has 1 aromatic carbocycles. The monoisotopic (exact) mass is 393 g/mol. The van der Waals surface area contributed by atoms with E-state index in [1.165, 1.54) is 24.0 Å². The van der Waals surface area contributed by atoms with Crippen molar-refractivity contribution < 1.29 is 4.74 Å². The third-order valence-electron chi connectivity index (χ3n) is 5.90. The van der Waals surface area contributed by atoms with E-state index in [2.05, 4.69) is 44.8 Å². The van der Waals surface area contributed by atoms with Gasteiger partial charge in [0.05, 0.1) is 30.9 Å². The highest BCUT2D eigenvalue weighted by atomic mass is 16.5. The summed E-state index contributed by atoms with van der Waals surface area (Å²) in [5, 5.41) is 12.4. The van der Waals surface area contributed by atoms with Gasteiger partial charge < -0.3 is 20.3 Å². The van der Waals surface area contributed by atoms with Crippen LogP contribution in [0.4, 0.5) is 11.6 Å². The second kappa shape index (κ2) is 7.61. The molecule has 0 amide bonds. The minimum atomic E-state index is 0.460. The number of benzene rings is 1. The zero-order chi connectivity index (χ0) is 19.8. The van der Waals surface area contributed by atoms with Crippen LogP contribution in [0.1, 0.15) is 24.0 Å². The van der Waals surface area contributed by atoms with Crippen molar-refractivity contribution in [2.45, 2.75) is 38.4 Å². The van der Waals surface area contributed by atoms with Crippen molar-refractivity contribution in [3.05, 3.63) is 35.7 Å². The lowest BCUT2D eigenvalue weighted by molar-refractivity contribution is 0.312. The summed E-state index contributed by atoms with van der Waals surface area (Å²) < 4.78 is 7.61. The summed E-state index contributed by atoms with van der Waals surface area (Å²) in [4.78, 5) is 11.6. The number of likely N-dealkylation sites (N-methyl/N-ethyl adjacent to an activating group) is 1. The molecule has 5 rings (SSSR count). The topological polar surface area (TPSA) is 80.1 Å². The van der Waals surface area contributed by atoms with Crippen molar-refractivity contribution in [1.82, 2.24) is 30.0 Å². The highest BCUT2D eigenvalue weighted by Crippen LogP contribution is 2.33. The summed E-state index contributed by atoms with van der Waals surface area (Å²) in [5.74, 6) is 1.38. The van der Waals surface area contributed by atoms with Crippen LogP contribution in [0.5, 0.6) is 5.75 Å². The first kappa shape index (κ1) is 18.3. The van der Waals surface area contributed by atoms with Gasteiger partial charge in [-0.3, -0.25) is 0 Å². The van der Waals surface area contributed by atoms with Crippen LogP contribution in [0.15, 0.2) is 24.5 Å². The molecule has 2 aliphatic rings. The predicted octanol–water partition coefficient (Wildman–Crippen LogP) is 2.32. The van der Waals surface area contributed by atoms with Crippen molar-refractivity contribution in [3.63, 3.8) is 0 Å². The van der Waals surface area contributed by atoms with Crippen LogP contribution < -0.4 is 15.4 Å². The van der Waals surface area contributed by atoms with Crippen LogP contribution in [0.25, 0.3) is 11.0 Å². The number of fused-ring (bicyclic) bond motifs is 2.